The van der Waals surface area contributed by atoms with Crippen LogP contribution in [0.2, 0.25) is 0 Å². The summed E-state index contributed by atoms with van der Waals surface area (Å²) >= 11 is 3.65. The molecule has 3 aromatic rings. The van der Waals surface area contributed by atoms with Crippen molar-refractivity contribution in [3.05, 3.63) is 46.7 Å². The molecule has 23 heavy (non-hydrogen) atoms. The molecule has 0 aliphatic rings. The van der Waals surface area contributed by atoms with Crippen molar-refractivity contribution in [1.82, 2.24) is 20.0 Å². The van der Waals surface area contributed by atoms with Gasteiger partial charge in [0.05, 0.1) is 27.9 Å². The molecule has 0 amide bonds. The maximum Gasteiger partial charge on any atom is 0.129 e. The van der Waals surface area contributed by atoms with Crippen molar-refractivity contribution < 1.29 is 0 Å². The lowest BCUT2D eigenvalue weighted by molar-refractivity contribution is 0.327. The number of hydrogen-bond donors (Lipinski definition) is 1. The average Bonchev–Trinajstić information content (AvgIpc) is 2.89. The first-order valence-corrected chi connectivity index (χ1v) is 8.39. The molecule has 0 aliphatic heterocycles. The van der Waals surface area contributed by atoms with Crippen LogP contribution in [0.15, 0.2) is 41.0 Å². The number of nitrogens with one attached hydrogen (secondary N) is 1. The number of anilines is 1. The fraction of sp³-hybridized carbons (Fsp3) is 0.353. The molecule has 120 valence electrons. The van der Waals surface area contributed by atoms with Crippen molar-refractivity contribution in [3.63, 3.8) is 0 Å². The minimum atomic E-state index is 0.156. The van der Waals surface area contributed by atoms with Gasteiger partial charge in [-0.1, -0.05) is 32.1 Å². The lowest BCUT2D eigenvalue weighted by Gasteiger charge is -2.18. The van der Waals surface area contributed by atoms with Crippen LogP contribution < -0.4 is 5.32 Å². The molecule has 2 aromatic heterocycles. The van der Waals surface area contributed by atoms with E-state index < -0.39 is 0 Å². The molecule has 0 radical (unpaired) electrons. The summed E-state index contributed by atoms with van der Waals surface area (Å²) in [6, 6.07) is 10.0. The van der Waals surface area contributed by atoms with E-state index in [0.717, 1.165) is 33.4 Å². The standard InChI is InChI=1S/C17H20BrN5/c1-17(2,3)11-23-14-8-7-13(15(18)16(14)21-22-23)20-10-12-6-4-5-9-19-12/h4-9,20H,10-11H2,1-3H3. The molecule has 0 saturated carbocycles. The number of nitrogens with zero attached hydrogens (tertiary/aromatic N) is 4. The van der Waals surface area contributed by atoms with Gasteiger partial charge in [0, 0.05) is 12.7 Å². The molecule has 1 aromatic carbocycles. The van der Waals surface area contributed by atoms with Gasteiger partial charge in [-0.25, -0.2) is 4.68 Å². The van der Waals surface area contributed by atoms with E-state index >= 15 is 0 Å². The number of fused-ring (bicyclic) bond motifs is 1. The molecule has 5 nitrogen and oxygen atoms in total. The first-order chi connectivity index (χ1) is 10.9. The Morgan fingerprint density at radius 2 is 2.00 bits per heavy atom. The Morgan fingerprint density at radius 1 is 1.17 bits per heavy atom. The molecular weight excluding hydrogens is 354 g/mol. The Hall–Kier alpha value is -1.95. The minimum absolute atomic E-state index is 0.156. The summed E-state index contributed by atoms with van der Waals surface area (Å²) in [5, 5.41) is 12.0. The van der Waals surface area contributed by atoms with Gasteiger partial charge in [-0.3, -0.25) is 4.98 Å². The van der Waals surface area contributed by atoms with E-state index in [1.165, 1.54) is 0 Å². The van der Waals surface area contributed by atoms with Gasteiger partial charge in [-0.2, -0.15) is 0 Å². The van der Waals surface area contributed by atoms with Crippen molar-refractivity contribution in [2.75, 3.05) is 5.32 Å². The van der Waals surface area contributed by atoms with Crippen LogP contribution in [0.25, 0.3) is 11.0 Å². The lowest BCUT2D eigenvalue weighted by atomic mass is 9.97. The molecular formula is C17H20BrN5. The first-order valence-electron chi connectivity index (χ1n) is 7.59. The van der Waals surface area contributed by atoms with Crippen LogP contribution in [0.4, 0.5) is 5.69 Å². The van der Waals surface area contributed by atoms with Gasteiger partial charge >= 0.3 is 0 Å². The minimum Gasteiger partial charge on any atom is -0.378 e. The Morgan fingerprint density at radius 3 is 2.70 bits per heavy atom. The van der Waals surface area contributed by atoms with E-state index in [1.807, 2.05) is 22.9 Å². The number of hydrogen-bond acceptors (Lipinski definition) is 4. The second-order valence-electron chi connectivity index (χ2n) is 6.78. The third kappa shape index (κ3) is 3.69. The van der Waals surface area contributed by atoms with Gasteiger partial charge in [-0.15, -0.1) is 5.10 Å². The Kier molecular flexibility index (Phi) is 4.35. The van der Waals surface area contributed by atoms with Crippen LogP contribution in [-0.2, 0) is 13.1 Å². The average molecular weight is 374 g/mol. The van der Waals surface area contributed by atoms with Crippen LogP contribution in [0.5, 0.6) is 0 Å². The molecule has 0 aliphatic carbocycles. The van der Waals surface area contributed by atoms with Gasteiger partial charge in [0.1, 0.15) is 5.52 Å². The second kappa shape index (κ2) is 6.28. The van der Waals surface area contributed by atoms with Crippen molar-refractivity contribution >= 4 is 32.7 Å². The first kappa shape index (κ1) is 15.9. The highest BCUT2D eigenvalue weighted by molar-refractivity contribution is 9.10. The summed E-state index contributed by atoms with van der Waals surface area (Å²) in [5.74, 6) is 0. The zero-order valence-corrected chi connectivity index (χ0v) is 15.1. The van der Waals surface area contributed by atoms with E-state index in [4.69, 9.17) is 0 Å². The van der Waals surface area contributed by atoms with E-state index in [0.29, 0.717) is 6.54 Å². The van der Waals surface area contributed by atoms with E-state index in [-0.39, 0.29) is 5.41 Å². The van der Waals surface area contributed by atoms with E-state index in [2.05, 4.69) is 69.4 Å². The van der Waals surface area contributed by atoms with Crippen LogP contribution in [-0.4, -0.2) is 20.0 Å². The highest BCUT2D eigenvalue weighted by Crippen LogP contribution is 2.31. The van der Waals surface area contributed by atoms with Crippen molar-refractivity contribution in [2.24, 2.45) is 5.41 Å². The summed E-state index contributed by atoms with van der Waals surface area (Å²) in [6.07, 6.45) is 1.80. The molecule has 0 atom stereocenters. The summed E-state index contributed by atoms with van der Waals surface area (Å²) in [5.41, 5.74) is 4.06. The van der Waals surface area contributed by atoms with Gasteiger partial charge in [-0.05, 0) is 45.6 Å². The molecule has 3 rings (SSSR count). The third-order valence-electron chi connectivity index (χ3n) is 3.44. The monoisotopic (exact) mass is 373 g/mol. The highest BCUT2D eigenvalue weighted by Gasteiger charge is 2.16. The molecule has 0 spiro atoms. The molecule has 1 N–H and O–H groups in total. The number of pyridine rings is 1. The highest BCUT2D eigenvalue weighted by atomic mass is 79.9. The molecule has 0 unspecified atom stereocenters. The number of benzene rings is 1. The Bertz CT molecular complexity index is 805. The summed E-state index contributed by atoms with van der Waals surface area (Å²) < 4.78 is 2.90. The summed E-state index contributed by atoms with van der Waals surface area (Å²) in [6.45, 7) is 8.08. The zero-order chi connectivity index (χ0) is 16.4. The Labute approximate surface area is 144 Å². The van der Waals surface area contributed by atoms with Crippen LogP contribution in [0, 0.1) is 5.41 Å². The van der Waals surface area contributed by atoms with Crippen molar-refractivity contribution in [3.8, 4) is 0 Å². The number of aromatic nitrogens is 4. The summed E-state index contributed by atoms with van der Waals surface area (Å²) in [4.78, 5) is 4.32. The van der Waals surface area contributed by atoms with Gasteiger partial charge in [0.25, 0.3) is 0 Å². The molecule has 0 saturated heterocycles. The molecule has 2 heterocycles. The van der Waals surface area contributed by atoms with Crippen molar-refractivity contribution in [2.45, 2.75) is 33.9 Å². The maximum absolute atomic E-state index is 4.33. The van der Waals surface area contributed by atoms with Crippen LogP contribution in [0.3, 0.4) is 0 Å². The largest absolute Gasteiger partial charge is 0.378 e. The SMILES string of the molecule is CC(C)(C)Cn1nnc2c(Br)c(NCc3ccccn3)ccc21. The molecule has 0 bridgehead atoms. The summed E-state index contributed by atoms with van der Waals surface area (Å²) in [7, 11) is 0. The lowest BCUT2D eigenvalue weighted by Crippen LogP contribution is -2.16. The smallest absolute Gasteiger partial charge is 0.129 e. The van der Waals surface area contributed by atoms with Gasteiger partial charge in [0.2, 0.25) is 0 Å². The van der Waals surface area contributed by atoms with Crippen LogP contribution >= 0.6 is 15.9 Å². The van der Waals surface area contributed by atoms with E-state index in [9.17, 15) is 0 Å². The molecule has 6 heteroatoms. The van der Waals surface area contributed by atoms with Gasteiger partial charge in [0.15, 0.2) is 0 Å². The maximum atomic E-state index is 4.33. The predicted molar refractivity (Wildman–Crippen MR) is 96.2 cm³/mol. The normalized spacial score (nSPS) is 11.8. The predicted octanol–water partition coefficient (Wildman–Crippen LogP) is 4.25. The van der Waals surface area contributed by atoms with E-state index in [1.54, 1.807) is 6.20 Å². The number of rotatable bonds is 4. The quantitative estimate of drug-likeness (QED) is 0.742. The molecule has 0 fully saturated rings. The Balaban J connectivity index is 1.85. The topological polar surface area (TPSA) is 55.6 Å². The fourth-order valence-electron chi connectivity index (χ4n) is 2.40. The third-order valence-corrected chi connectivity index (χ3v) is 4.24. The second-order valence-corrected chi connectivity index (χ2v) is 7.57. The van der Waals surface area contributed by atoms with Gasteiger partial charge < -0.3 is 5.32 Å². The van der Waals surface area contributed by atoms with Crippen LogP contribution in [0.1, 0.15) is 26.5 Å². The van der Waals surface area contributed by atoms with Crippen molar-refractivity contribution in [1.29, 1.82) is 0 Å². The zero-order valence-electron chi connectivity index (χ0n) is 13.5. The number of halogens is 1. The fourth-order valence-corrected chi connectivity index (χ4v) is 2.95.